The van der Waals surface area contributed by atoms with Gasteiger partial charge in [0.25, 0.3) is 0 Å². The number of nitrogens with two attached hydrogens (primary N) is 1. The molecule has 4 nitrogen and oxygen atoms in total. The number of aromatic hydroxyl groups is 1. The van der Waals surface area contributed by atoms with Crippen LogP contribution in [0.3, 0.4) is 0 Å². The molecule has 104 valence electrons. The van der Waals surface area contributed by atoms with E-state index in [0.717, 1.165) is 0 Å². The number of amides is 1. The molecule has 2 rings (SSSR count). The molecule has 0 aromatic heterocycles. The van der Waals surface area contributed by atoms with Gasteiger partial charge < -0.3 is 15.6 Å². The molecule has 0 bridgehead atoms. The first-order valence-electron chi connectivity index (χ1n) is 6.01. The van der Waals surface area contributed by atoms with Crippen LogP contribution in [-0.4, -0.2) is 17.7 Å². The molecule has 20 heavy (non-hydrogen) atoms. The monoisotopic (exact) mass is 275 g/mol. The van der Waals surface area contributed by atoms with Gasteiger partial charge in [0.15, 0.2) is 6.10 Å². The minimum atomic E-state index is -0.776. The fourth-order valence-corrected chi connectivity index (χ4v) is 1.74. The number of carbonyl (C=O) groups is 1. The van der Waals surface area contributed by atoms with Crippen molar-refractivity contribution in [1.29, 1.82) is 0 Å². The van der Waals surface area contributed by atoms with E-state index in [0.29, 0.717) is 16.9 Å². The molecule has 5 heteroatoms. The van der Waals surface area contributed by atoms with Crippen molar-refractivity contribution in [3.05, 3.63) is 59.7 Å². The van der Waals surface area contributed by atoms with Crippen LogP contribution >= 0.6 is 0 Å². The van der Waals surface area contributed by atoms with Crippen LogP contribution in [-0.2, 0) is 0 Å². The highest BCUT2D eigenvalue weighted by molar-refractivity contribution is 5.92. The average Bonchev–Trinajstić information content (AvgIpc) is 2.47. The van der Waals surface area contributed by atoms with Crippen molar-refractivity contribution >= 4 is 5.91 Å². The van der Waals surface area contributed by atoms with Crippen molar-refractivity contribution in [2.75, 3.05) is 6.67 Å². The van der Waals surface area contributed by atoms with Gasteiger partial charge in [-0.05, 0) is 42.0 Å². The standard InChI is InChI=1S/C15H14FNO3/c16-9-14(20-13-7-5-12(18)6-8-13)10-1-3-11(4-2-10)15(17)19/h1-8,14,18H,9H2,(H2,17,19). The predicted molar refractivity (Wildman–Crippen MR) is 72.4 cm³/mol. The smallest absolute Gasteiger partial charge is 0.248 e. The van der Waals surface area contributed by atoms with Gasteiger partial charge in [-0.3, -0.25) is 4.79 Å². The second-order valence-electron chi connectivity index (χ2n) is 4.24. The number of ether oxygens (including phenoxy) is 1. The summed E-state index contributed by atoms with van der Waals surface area (Å²) in [6.07, 6.45) is -0.776. The second kappa shape index (κ2) is 6.06. The van der Waals surface area contributed by atoms with Gasteiger partial charge in [-0.1, -0.05) is 12.1 Å². The van der Waals surface area contributed by atoms with E-state index < -0.39 is 18.7 Å². The Morgan fingerprint density at radius 3 is 2.25 bits per heavy atom. The van der Waals surface area contributed by atoms with E-state index in [1.807, 2.05) is 0 Å². The van der Waals surface area contributed by atoms with Crippen LogP contribution in [0, 0.1) is 0 Å². The minimum absolute atomic E-state index is 0.111. The van der Waals surface area contributed by atoms with Gasteiger partial charge >= 0.3 is 0 Å². The number of carbonyl (C=O) groups excluding carboxylic acids is 1. The summed E-state index contributed by atoms with van der Waals surface area (Å²) < 4.78 is 18.6. The summed E-state index contributed by atoms with van der Waals surface area (Å²) in [7, 11) is 0. The molecular formula is C15H14FNO3. The number of hydrogen-bond donors (Lipinski definition) is 2. The highest BCUT2D eigenvalue weighted by Crippen LogP contribution is 2.24. The van der Waals surface area contributed by atoms with Crippen LogP contribution in [0.25, 0.3) is 0 Å². The molecule has 0 aliphatic rings. The van der Waals surface area contributed by atoms with E-state index in [9.17, 15) is 14.3 Å². The van der Waals surface area contributed by atoms with Gasteiger partial charge in [-0.25, -0.2) is 4.39 Å². The molecule has 2 aromatic rings. The van der Waals surface area contributed by atoms with Gasteiger partial charge in [0.2, 0.25) is 5.91 Å². The van der Waals surface area contributed by atoms with E-state index >= 15 is 0 Å². The minimum Gasteiger partial charge on any atom is -0.508 e. The molecule has 2 aromatic carbocycles. The lowest BCUT2D eigenvalue weighted by Crippen LogP contribution is -2.13. The van der Waals surface area contributed by atoms with Crippen molar-refractivity contribution in [3.8, 4) is 11.5 Å². The maximum Gasteiger partial charge on any atom is 0.248 e. The van der Waals surface area contributed by atoms with Crippen LogP contribution < -0.4 is 10.5 Å². The Hall–Kier alpha value is -2.56. The fraction of sp³-hybridized carbons (Fsp3) is 0.133. The predicted octanol–water partition coefficient (Wildman–Crippen LogP) is 2.58. The van der Waals surface area contributed by atoms with Crippen LogP contribution in [0.2, 0.25) is 0 Å². The summed E-state index contributed by atoms with van der Waals surface area (Å²) >= 11 is 0. The summed E-state index contributed by atoms with van der Waals surface area (Å²) in [5, 5.41) is 9.17. The fourth-order valence-electron chi connectivity index (χ4n) is 1.74. The van der Waals surface area contributed by atoms with Gasteiger partial charge in [-0.15, -0.1) is 0 Å². The number of hydrogen-bond acceptors (Lipinski definition) is 3. The second-order valence-corrected chi connectivity index (χ2v) is 4.24. The third-order valence-corrected chi connectivity index (χ3v) is 2.82. The Kier molecular flexibility index (Phi) is 4.20. The van der Waals surface area contributed by atoms with Gasteiger partial charge in [0, 0.05) is 5.56 Å². The van der Waals surface area contributed by atoms with Crippen molar-refractivity contribution in [3.63, 3.8) is 0 Å². The summed E-state index contributed by atoms with van der Waals surface area (Å²) in [5.41, 5.74) is 6.10. The molecule has 1 atom stereocenters. The zero-order valence-electron chi connectivity index (χ0n) is 10.6. The van der Waals surface area contributed by atoms with Crippen LogP contribution in [0.5, 0.6) is 11.5 Å². The van der Waals surface area contributed by atoms with Crippen molar-refractivity contribution in [2.24, 2.45) is 5.73 Å². The van der Waals surface area contributed by atoms with Crippen molar-refractivity contribution in [2.45, 2.75) is 6.10 Å². The summed E-state index contributed by atoms with van der Waals surface area (Å²) in [4.78, 5) is 11.0. The Morgan fingerprint density at radius 2 is 1.75 bits per heavy atom. The van der Waals surface area contributed by atoms with E-state index in [1.165, 1.54) is 24.3 Å². The number of rotatable bonds is 5. The van der Waals surface area contributed by atoms with E-state index in [4.69, 9.17) is 10.5 Å². The molecule has 0 radical (unpaired) electrons. The van der Waals surface area contributed by atoms with Crippen LogP contribution in [0.15, 0.2) is 48.5 Å². The molecule has 3 N–H and O–H groups in total. The Balaban J connectivity index is 2.15. The van der Waals surface area contributed by atoms with Gasteiger partial charge in [-0.2, -0.15) is 0 Å². The summed E-state index contributed by atoms with van der Waals surface area (Å²) in [6, 6.07) is 12.3. The number of phenolic OH excluding ortho intramolecular Hbond substituents is 1. The molecule has 0 saturated heterocycles. The van der Waals surface area contributed by atoms with Gasteiger partial charge in [0.1, 0.15) is 18.2 Å². The molecular weight excluding hydrogens is 261 g/mol. The van der Waals surface area contributed by atoms with Crippen LogP contribution in [0.4, 0.5) is 4.39 Å². The Bertz CT molecular complexity index is 581. The zero-order valence-corrected chi connectivity index (χ0v) is 10.6. The first kappa shape index (κ1) is 13.9. The molecule has 1 amide bonds. The number of phenols is 1. The highest BCUT2D eigenvalue weighted by atomic mass is 19.1. The molecule has 0 aliphatic heterocycles. The quantitative estimate of drug-likeness (QED) is 0.880. The maximum absolute atomic E-state index is 13.1. The van der Waals surface area contributed by atoms with E-state index in [2.05, 4.69) is 0 Å². The molecule has 1 unspecified atom stereocenters. The molecule has 0 aliphatic carbocycles. The average molecular weight is 275 g/mol. The molecule has 0 saturated carbocycles. The first-order chi connectivity index (χ1) is 9.60. The topological polar surface area (TPSA) is 72.6 Å². The van der Waals surface area contributed by atoms with Crippen molar-refractivity contribution in [1.82, 2.24) is 0 Å². The number of alkyl halides is 1. The molecule has 0 heterocycles. The number of benzene rings is 2. The van der Waals surface area contributed by atoms with Crippen molar-refractivity contribution < 1.29 is 19.0 Å². The zero-order chi connectivity index (χ0) is 14.5. The third-order valence-electron chi connectivity index (χ3n) is 2.82. The lowest BCUT2D eigenvalue weighted by molar-refractivity contribution is 0.1000. The Labute approximate surface area is 115 Å². The lowest BCUT2D eigenvalue weighted by atomic mass is 10.1. The third kappa shape index (κ3) is 3.26. The lowest BCUT2D eigenvalue weighted by Gasteiger charge is -2.16. The first-order valence-corrected chi connectivity index (χ1v) is 6.01. The van der Waals surface area contributed by atoms with Gasteiger partial charge in [0.05, 0.1) is 0 Å². The maximum atomic E-state index is 13.1. The van der Waals surface area contributed by atoms with E-state index in [1.54, 1.807) is 24.3 Å². The normalized spacial score (nSPS) is 11.8. The summed E-state index contributed by atoms with van der Waals surface area (Å²) in [6.45, 7) is -0.712. The largest absolute Gasteiger partial charge is 0.508 e. The van der Waals surface area contributed by atoms with E-state index in [-0.39, 0.29) is 5.75 Å². The highest BCUT2D eigenvalue weighted by Gasteiger charge is 2.14. The number of primary amides is 1. The molecule has 0 fully saturated rings. The summed E-state index contributed by atoms with van der Waals surface area (Å²) in [5.74, 6) is 0.0252. The Morgan fingerprint density at radius 1 is 1.15 bits per heavy atom. The van der Waals surface area contributed by atoms with Crippen LogP contribution in [0.1, 0.15) is 22.0 Å². The number of halogens is 1. The SMILES string of the molecule is NC(=O)c1ccc(C(CF)Oc2ccc(O)cc2)cc1. The molecule has 0 spiro atoms.